The van der Waals surface area contributed by atoms with Gasteiger partial charge in [0.05, 0.1) is 12.0 Å². The van der Waals surface area contributed by atoms with Gasteiger partial charge < -0.3 is 16.4 Å². The third-order valence-electron chi connectivity index (χ3n) is 2.90. The molecule has 0 aliphatic heterocycles. The van der Waals surface area contributed by atoms with Gasteiger partial charge in [-0.05, 0) is 39.5 Å². The van der Waals surface area contributed by atoms with Gasteiger partial charge in [-0.15, -0.1) is 0 Å². The zero-order valence-corrected chi connectivity index (χ0v) is 11.0. The normalized spacial score (nSPS) is 16.8. The van der Waals surface area contributed by atoms with Crippen LogP contribution in [-0.4, -0.2) is 31.5 Å². The van der Waals surface area contributed by atoms with E-state index in [4.69, 9.17) is 5.73 Å². The number of nitrogens with one attached hydrogen (secondary N) is 2. The van der Waals surface area contributed by atoms with E-state index in [1.165, 1.54) is 12.8 Å². The fourth-order valence-corrected chi connectivity index (χ4v) is 1.26. The molecule has 5 nitrogen and oxygen atoms in total. The average Bonchev–Trinajstić information content (AvgIpc) is 3.06. The highest BCUT2D eigenvalue weighted by atomic mass is 16.1. The van der Waals surface area contributed by atoms with E-state index in [9.17, 15) is 4.79 Å². The zero-order valence-electron chi connectivity index (χ0n) is 11.0. The molecule has 0 saturated heterocycles. The van der Waals surface area contributed by atoms with E-state index in [0.29, 0.717) is 6.54 Å². The summed E-state index contributed by atoms with van der Waals surface area (Å²) in [5.74, 6) is 1.25. The van der Waals surface area contributed by atoms with Crippen LogP contribution >= 0.6 is 0 Å². The van der Waals surface area contributed by atoms with Gasteiger partial charge in [0, 0.05) is 13.1 Å². The van der Waals surface area contributed by atoms with Crippen molar-refractivity contribution in [3.63, 3.8) is 0 Å². The second-order valence-corrected chi connectivity index (χ2v) is 5.27. The summed E-state index contributed by atoms with van der Waals surface area (Å²) >= 11 is 0. The Hall–Kier alpha value is -1.26. The van der Waals surface area contributed by atoms with Gasteiger partial charge in [0.25, 0.3) is 0 Å². The Morgan fingerprint density at radius 1 is 1.41 bits per heavy atom. The first kappa shape index (κ1) is 13.8. The minimum absolute atomic E-state index is 0.320. The summed E-state index contributed by atoms with van der Waals surface area (Å²) in [6.45, 7) is 7.82. The second kappa shape index (κ2) is 5.89. The summed E-state index contributed by atoms with van der Waals surface area (Å²) in [5, 5.41) is 6.44. The summed E-state index contributed by atoms with van der Waals surface area (Å²) in [4.78, 5) is 15.6. The molecule has 0 spiro atoms. The monoisotopic (exact) mass is 240 g/mol. The quantitative estimate of drug-likeness (QED) is 0.466. The van der Waals surface area contributed by atoms with Gasteiger partial charge in [0.1, 0.15) is 0 Å². The molecule has 1 aliphatic carbocycles. The number of aliphatic imine (C=N–C) groups is 1. The van der Waals surface area contributed by atoms with Crippen LogP contribution in [0.3, 0.4) is 0 Å². The lowest BCUT2D eigenvalue weighted by Crippen LogP contribution is -2.40. The molecule has 0 bridgehead atoms. The minimum atomic E-state index is -0.595. The van der Waals surface area contributed by atoms with Crippen LogP contribution in [0.4, 0.5) is 0 Å². The number of carbonyl (C=O) groups excluding carboxylic acids is 1. The molecule has 1 fully saturated rings. The molecule has 1 rings (SSSR count). The number of rotatable bonds is 6. The standard InChI is InChI=1S/C12H24N4O/c1-4-14-11(15-7-9-5-6-9)16-8-12(2,3)10(13)17/h9H,4-8H2,1-3H3,(H2,13,17)(H2,14,15,16). The molecule has 17 heavy (non-hydrogen) atoms. The number of guanidine groups is 1. The molecule has 4 N–H and O–H groups in total. The summed E-state index contributed by atoms with van der Waals surface area (Å²) in [7, 11) is 0. The van der Waals surface area contributed by atoms with Crippen molar-refractivity contribution in [1.82, 2.24) is 10.6 Å². The van der Waals surface area contributed by atoms with Gasteiger partial charge in [-0.3, -0.25) is 9.79 Å². The Kier molecular flexibility index (Phi) is 4.78. The van der Waals surface area contributed by atoms with Gasteiger partial charge >= 0.3 is 0 Å². The van der Waals surface area contributed by atoms with Crippen molar-refractivity contribution < 1.29 is 4.79 Å². The van der Waals surface area contributed by atoms with Crippen LogP contribution in [0, 0.1) is 11.3 Å². The first-order valence-electron chi connectivity index (χ1n) is 6.28. The highest BCUT2D eigenvalue weighted by molar-refractivity contribution is 5.82. The maximum Gasteiger partial charge on any atom is 0.224 e. The number of carbonyl (C=O) groups is 1. The Balaban J connectivity index is 2.46. The molecule has 0 unspecified atom stereocenters. The summed E-state index contributed by atoms with van der Waals surface area (Å²) in [5.41, 5.74) is 4.72. The predicted molar refractivity (Wildman–Crippen MR) is 69.7 cm³/mol. The van der Waals surface area contributed by atoms with E-state index in [0.717, 1.165) is 25.0 Å². The number of nitrogens with two attached hydrogens (primary N) is 1. The van der Waals surface area contributed by atoms with Gasteiger partial charge in [0.15, 0.2) is 5.96 Å². The Labute approximate surface area is 103 Å². The van der Waals surface area contributed by atoms with E-state index in [2.05, 4.69) is 15.6 Å². The number of primary amides is 1. The molecule has 0 heterocycles. The topological polar surface area (TPSA) is 79.5 Å². The molecular weight excluding hydrogens is 216 g/mol. The van der Waals surface area contributed by atoms with Crippen molar-refractivity contribution in [3.05, 3.63) is 0 Å². The predicted octanol–water partition coefficient (Wildman–Crippen LogP) is 0.463. The first-order valence-corrected chi connectivity index (χ1v) is 6.28. The lowest BCUT2D eigenvalue weighted by Gasteiger charge is -2.19. The molecule has 0 radical (unpaired) electrons. The third-order valence-corrected chi connectivity index (χ3v) is 2.90. The van der Waals surface area contributed by atoms with Gasteiger partial charge in [0.2, 0.25) is 5.91 Å². The highest BCUT2D eigenvalue weighted by Gasteiger charge is 2.25. The molecule has 1 amide bonds. The Morgan fingerprint density at radius 2 is 2.06 bits per heavy atom. The lowest BCUT2D eigenvalue weighted by atomic mass is 9.93. The van der Waals surface area contributed by atoms with Crippen LogP contribution in [0.15, 0.2) is 4.99 Å². The van der Waals surface area contributed by atoms with Crippen LogP contribution in [0.5, 0.6) is 0 Å². The fourth-order valence-electron chi connectivity index (χ4n) is 1.26. The van der Waals surface area contributed by atoms with Crippen LogP contribution in [0.1, 0.15) is 33.6 Å². The second-order valence-electron chi connectivity index (χ2n) is 5.27. The molecule has 98 valence electrons. The van der Waals surface area contributed by atoms with Crippen molar-refractivity contribution in [2.24, 2.45) is 22.1 Å². The van der Waals surface area contributed by atoms with Crippen molar-refractivity contribution in [2.45, 2.75) is 33.6 Å². The van der Waals surface area contributed by atoms with E-state index in [1.807, 2.05) is 20.8 Å². The molecular formula is C12H24N4O. The first-order chi connectivity index (χ1) is 7.95. The van der Waals surface area contributed by atoms with Gasteiger partial charge in [-0.1, -0.05) is 0 Å². The lowest BCUT2D eigenvalue weighted by molar-refractivity contribution is -0.125. The van der Waals surface area contributed by atoms with Gasteiger partial charge in [-0.2, -0.15) is 0 Å². The van der Waals surface area contributed by atoms with Crippen LogP contribution in [-0.2, 0) is 4.79 Å². The largest absolute Gasteiger partial charge is 0.369 e. The maximum absolute atomic E-state index is 11.2. The Morgan fingerprint density at radius 3 is 2.53 bits per heavy atom. The van der Waals surface area contributed by atoms with E-state index in [1.54, 1.807) is 0 Å². The Bertz CT molecular complexity index is 295. The van der Waals surface area contributed by atoms with Crippen molar-refractivity contribution in [3.8, 4) is 0 Å². The number of hydrogen-bond acceptors (Lipinski definition) is 2. The smallest absolute Gasteiger partial charge is 0.224 e. The van der Waals surface area contributed by atoms with Crippen molar-refractivity contribution >= 4 is 11.9 Å². The van der Waals surface area contributed by atoms with Crippen molar-refractivity contribution in [1.29, 1.82) is 0 Å². The molecule has 1 aliphatic rings. The average molecular weight is 240 g/mol. The summed E-state index contributed by atoms with van der Waals surface area (Å²) in [6.07, 6.45) is 2.61. The van der Waals surface area contributed by atoms with E-state index >= 15 is 0 Å². The van der Waals surface area contributed by atoms with Crippen molar-refractivity contribution in [2.75, 3.05) is 19.6 Å². The third kappa shape index (κ3) is 5.06. The number of amides is 1. The van der Waals surface area contributed by atoms with Crippen LogP contribution in [0.25, 0.3) is 0 Å². The highest BCUT2D eigenvalue weighted by Crippen LogP contribution is 2.27. The number of nitrogens with zero attached hydrogens (tertiary/aromatic N) is 1. The maximum atomic E-state index is 11.2. The molecule has 0 aromatic rings. The molecule has 0 atom stereocenters. The molecule has 0 aromatic heterocycles. The SMILES string of the molecule is CCNC(=NCC(C)(C)C(N)=O)NCC1CC1. The fraction of sp³-hybridized carbons (Fsp3) is 0.833. The summed E-state index contributed by atoms with van der Waals surface area (Å²) in [6, 6.07) is 0. The molecule has 5 heteroatoms. The number of hydrogen-bond donors (Lipinski definition) is 3. The summed E-state index contributed by atoms with van der Waals surface area (Å²) < 4.78 is 0. The zero-order chi connectivity index (χ0) is 12.9. The van der Waals surface area contributed by atoms with E-state index < -0.39 is 5.41 Å². The van der Waals surface area contributed by atoms with Gasteiger partial charge in [-0.25, -0.2) is 0 Å². The molecule has 0 aromatic carbocycles. The van der Waals surface area contributed by atoms with Crippen LogP contribution in [0.2, 0.25) is 0 Å². The van der Waals surface area contributed by atoms with E-state index in [-0.39, 0.29) is 5.91 Å². The van der Waals surface area contributed by atoms with Crippen LogP contribution < -0.4 is 16.4 Å². The minimum Gasteiger partial charge on any atom is -0.369 e. The molecule has 1 saturated carbocycles.